The monoisotopic (exact) mass is 203 g/mol. The van der Waals surface area contributed by atoms with E-state index in [4.69, 9.17) is 11.6 Å². The van der Waals surface area contributed by atoms with Crippen LogP contribution in [0.4, 0.5) is 0 Å². The zero-order chi connectivity index (χ0) is 8.97. The molecular weight excluding hydrogens is 194 g/mol. The number of hydrogen-bond donors (Lipinski definition) is 1. The van der Waals surface area contributed by atoms with E-state index in [2.05, 4.69) is 5.32 Å². The van der Waals surface area contributed by atoms with Crippen molar-refractivity contribution in [3.63, 3.8) is 0 Å². The topological polar surface area (TPSA) is 29.1 Å². The van der Waals surface area contributed by atoms with Gasteiger partial charge in [-0.3, -0.25) is 4.79 Å². The maximum atomic E-state index is 11.3. The van der Waals surface area contributed by atoms with Crippen molar-refractivity contribution in [1.29, 1.82) is 0 Å². The molecule has 1 heterocycles. The van der Waals surface area contributed by atoms with E-state index in [1.54, 1.807) is 6.07 Å². The van der Waals surface area contributed by atoms with Crippen LogP contribution in [0.2, 0.25) is 0 Å². The average Bonchev–Trinajstić information content (AvgIpc) is 2.56. The zero-order valence-corrected chi connectivity index (χ0v) is 8.28. The molecule has 0 spiro atoms. The van der Waals surface area contributed by atoms with Crippen LogP contribution in [0, 0.1) is 0 Å². The Bertz CT molecular complexity index is 248. The quantitative estimate of drug-likeness (QED) is 0.750. The van der Waals surface area contributed by atoms with Crippen molar-refractivity contribution >= 4 is 28.8 Å². The summed E-state index contributed by atoms with van der Waals surface area (Å²) in [4.78, 5) is 12.0. The lowest BCUT2D eigenvalue weighted by Crippen LogP contribution is -2.33. The van der Waals surface area contributed by atoms with Gasteiger partial charge in [-0.2, -0.15) is 0 Å². The van der Waals surface area contributed by atoms with E-state index < -0.39 is 0 Å². The fraction of sp³-hybridized carbons (Fsp3) is 0.375. The van der Waals surface area contributed by atoms with Gasteiger partial charge in [0.25, 0.3) is 5.91 Å². The summed E-state index contributed by atoms with van der Waals surface area (Å²) in [7, 11) is 0. The fourth-order valence-corrected chi connectivity index (χ4v) is 1.45. The second kappa shape index (κ2) is 4.48. The molecule has 66 valence electrons. The summed E-state index contributed by atoms with van der Waals surface area (Å²) in [6, 6.07) is 3.67. The second-order valence-corrected chi connectivity index (χ2v) is 3.76. The van der Waals surface area contributed by atoms with Gasteiger partial charge in [0, 0.05) is 11.9 Å². The minimum atomic E-state index is -0.0434. The third-order valence-electron chi connectivity index (χ3n) is 1.35. The Kier molecular flexibility index (Phi) is 3.56. The van der Waals surface area contributed by atoms with Crippen LogP contribution in [0.15, 0.2) is 17.5 Å². The number of alkyl halides is 1. The van der Waals surface area contributed by atoms with E-state index in [-0.39, 0.29) is 11.9 Å². The molecule has 4 heteroatoms. The van der Waals surface area contributed by atoms with Gasteiger partial charge in [0.05, 0.1) is 4.88 Å². The Labute approximate surface area is 80.5 Å². The second-order valence-electron chi connectivity index (χ2n) is 2.51. The van der Waals surface area contributed by atoms with E-state index >= 15 is 0 Å². The molecule has 2 nitrogen and oxygen atoms in total. The third kappa shape index (κ3) is 2.50. The standard InChI is InChI=1S/C8H10ClNOS/c1-6(5-9)10-8(11)7-3-2-4-12-7/h2-4,6H,5H2,1H3,(H,10,11). The SMILES string of the molecule is CC(CCl)NC(=O)c1cccs1. The van der Waals surface area contributed by atoms with Crippen LogP contribution >= 0.6 is 22.9 Å². The number of carbonyl (C=O) groups is 1. The van der Waals surface area contributed by atoms with Crippen LogP contribution in [-0.2, 0) is 0 Å². The molecule has 0 aliphatic carbocycles. The molecule has 1 unspecified atom stereocenters. The molecule has 1 aromatic rings. The minimum absolute atomic E-state index is 0.0290. The fourth-order valence-electron chi connectivity index (χ4n) is 0.741. The molecule has 0 saturated heterocycles. The maximum Gasteiger partial charge on any atom is 0.261 e. The Morgan fingerprint density at radius 2 is 2.58 bits per heavy atom. The van der Waals surface area contributed by atoms with Gasteiger partial charge in [-0.1, -0.05) is 6.07 Å². The van der Waals surface area contributed by atoms with Gasteiger partial charge in [-0.25, -0.2) is 0 Å². The Morgan fingerprint density at radius 3 is 3.08 bits per heavy atom. The van der Waals surface area contributed by atoms with Crippen molar-refractivity contribution in [2.45, 2.75) is 13.0 Å². The van der Waals surface area contributed by atoms with Crippen LogP contribution in [0.25, 0.3) is 0 Å². The van der Waals surface area contributed by atoms with Crippen molar-refractivity contribution < 1.29 is 4.79 Å². The largest absolute Gasteiger partial charge is 0.348 e. The molecular formula is C8H10ClNOS. The van der Waals surface area contributed by atoms with Crippen LogP contribution in [0.1, 0.15) is 16.6 Å². The first-order valence-electron chi connectivity index (χ1n) is 3.64. The molecule has 0 bridgehead atoms. The summed E-state index contributed by atoms with van der Waals surface area (Å²) in [6.07, 6.45) is 0. The average molecular weight is 204 g/mol. The molecule has 0 saturated carbocycles. The number of carbonyl (C=O) groups excluding carboxylic acids is 1. The van der Waals surface area contributed by atoms with E-state index in [0.29, 0.717) is 5.88 Å². The van der Waals surface area contributed by atoms with E-state index in [9.17, 15) is 4.79 Å². The van der Waals surface area contributed by atoms with Gasteiger partial charge in [0.1, 0.15) is 0 Å². The summed E-state index contributed by atoms with van der Waals surface area (Å²) in [5.74, 6) is 0.398. The lowest BCUT2D eigenvalue weighted by molar-refractivity contribution is 0.0947. The molecule has 0 aliphatic rings. The van der Waals surface area contributed by atoms with E-state index in [1.807, 2.05) is 18.4 Å². The highest BCUT2D eigenvalue weighted by molar-refractivity contribution is 7.12. The first-order chi connectivity index (χ1) is 5.74. The molecule has 1 amide bonds. The zero-order valence-electron chi connectivity index (χ0n) is 6.71. The highest BCUT2D eigenvalue weighted by Crippen LogP contribution is 2.08. The lowest BCUT2D eigenvalue weighted by atomic mass is 10.3. The number of hydrogen-bond acceptors (Lipinski definition) is 2. The van der Waals surface area contributed by atoms with E-state index in [1.165, 1.54) is 11.3 Å². The lowest BCUT2D eigenvalue weighted by Gasteiger charge is -2.08. The van der Waals surface area contributed by atoms with Crippen LogP contribution in [0.3, 0.4) is 0 Å². The predicted molar refractivity (Wildman–Crippen MR) is 52.0 cm³/mol. The number of thiophene rings is 1. The molecule has 0 fully saturated rings. The summed E-state index contributed by atoms with van der Waals surface area (Å²) >= 11 is 6.97. The molecule has 1 rings (SSSR count). The number of amides is 1. The maximum absolute atomic E-state index is 11.3. The molecule has 12 heavy (non-hydrogen) atoms. The van der Waals surface area contributed by atoms with Gasteiger partial charge in [-0.05, 0) is 18.4 Å². The Balaban J connectivity index is 2.50. The van der Waals surface area contributed by atoms with Crippen molar-refractivity contribution in [2.24, 2.45) is 0 Å². The summed E-state index contributed by atoms with van der Waals surface area (Å²) in [5, 5.41) is 4.65. The molecule has 0 aliphatic heterocycles. The highest BCUT2D eigenvalue weighted by Gasteiger charge is 2.08. The Morgan fingerprint density at radius 1 is 1.83 bits per heavy atom. The normalized spacial score (nSPS) is 12.5. The van der Waals surface area contributed by atoms with Crippen molar-refractivity contribution in [3.8, 4) is 0 Å². The van der Waals surface area contributed by atoms with Gasteiger partial charge >= 0.3 is 0 Å². The summed E-state index contributed by atoms with van der Waals surface area (Å²) in [6.45, 7) is 1.87. The van der Waals surface area contributed by atoms with Crippen LogP contribution in [-0.4, -0.2) is 17.8 Å². The summed E-state index contributed by atoms with van der Waals surface area (Å²) in [5.41, 5.74) is 0. The molecule has 0 aromatic carbocycles. The molecule has 1 atom stereocenters. The van der Waals surface area contributed by atoms with Crippen molar-refractivity contribution in [1.82, 2.24) is 5.32 Å². The highest BCUT2D eigenvalue weighted by atomic mass is 35.5. The third-order valence-corrected chi connectivity index (χ3v) is 2.69. The number of rotatable bonds is 3. The molecule has 1 N–H and O–H groups in total. The van der Waals surface area contributed by atoms with Crippen LogP contribution in [0.5, 0.6) is 0 Å². The van der Waals surface area contributed by atoms with Crippen molar-refractivity contribution in [2.75, 3.05) is 5.88 Å². The minimum Gasteiger partial charge on any atom is -0.348 e. The Hall–Kier alpha value is -0.540. The first kappa shape index (κ1) is 9.55. The first-order valence-corrected chi connectivity index (χ1v) is 5.06. The number of nitrogens with one attached hydrogen (secondary N) is 1. The van der Waals surface area contributed by atoms with Crippen molar-refractivity contribution in [3.05, 3.63) is 22.4 Å². The van der Waals surface area contributed by atoms with Gasteiger partial charge in [-0.15, -0.1) is 22.9 Å². The summed E-state index contributed by atoms with van der Waals surface area (Å²) < 4.78 is 0. The van der Waals surface area contributed by atoms with Crippen LogP contribution < -0.4 is 5.32 Å². The molecule has 0 radical (unpaired) electrons. The smallest absolute Gasteiger partial charge is 0.261 e. The van der Waals surface area contributed by atoms with E-state index in [0.717, 1.165) is 4.88 Å². The predicted octanol–water partition coefficient (Wildman–Crippen LogP) is 2.11. The number of halogens is 1. The van der Waals surface area contributed by atoms with Gasteiger partial charge in [0.15, 0.2) is 0 Å². The molecule has 1 aromatic heterocycles. The van der Waals surface area contributed by atoms with Gasteiger partial charge < -0.3 is 5.32 Å². The van der Waals surface area contributed by atoms with Gasteiger partial charge in [0.2, 0.25) is 0 Å².